The van der Waals surface area contributed by atoms with Crippen molar-refractivity contribution in [3.8, 4) is 5.75 Å². The summed E-state index contributed by atoms with van der Waals surface area (Å²) in [6.07, 6.45) is 1.22. The van der Waals surface area contributed by atoms with E-state index in [4.69, 9.17) is 9.84 Å². The van der Waals surface area contributed by atoms with Crippen molar-refractivity contribution < 1.29 is 24.4 Å². The summed E-state index contributed by atoms with van der Waals surface area (Å²) in [5.74, 6) is -1.90. The Kier molecular flexibility index (Phi) is 4.78. The van der Waals surface area contributed by atoms with E-state index >= 15 is 0 Å². The number of hydrogen-bond acceptors (Lipinski definition) is 6. The monoisotopic (exact) mass is 334 g/mol. The molecule has 0 aliphatic carbocycles. The lowest BCUT2D eigenvalue weighted by Crippen LogP contribution is -2.16. The molecule has 1 amide bonds. The van der Waals surface area contributed by atoms with Gasteiger partial charge in [-0.15, -0.1) is 0 Å². The van der Waals surface area contributed by atoms with Gasteiger partial charge < -0.3 is 15.2 Å². The van der Waals surface area contributed by atoms with Crippen LogP contribution in [0, 0.1) is 10.1 Å². The lowest BCUT2D eigenvalue weighted by molar-refractivity contribution is -0.384. The summed E-state index contributed by atoms with van der Waals surface area (Å²) in [5, 5.41) is 26.2. The molecule has 0 saturated carbocycles. The number of carbonyl (C=O) groups excluding carboxylic acids is 1. The Morgan fingerprint density at radius 1 is 1.46 bits per heavy atom. The zero-order valence-electron chi connectivity index (χ0n) is 12.8. The van der Waals surface area contributed by atoms with Crippen LogP contribution in [-0.2, 0) is 7.05 Å². The summed E-state index contributed by atoms with van der Waals surface area (Å²) in [6, 6.07) is 3.96. The van der Waals surface area contributed by atoms with E-state index in [-0.39, 0.29) is 22.7 Å². The number of nitrogens with one attached hydrogen (secondary N) is 1. The zero-order chi connectivity index (χ0) is 17.9. The fourth-order valence-electron chi connectivity index (χ4n) is 2.03. The summed E-state index contributed by atoms with van der Waals surface area (Å²) in [6.45, 7) is 2.07. The quantitative estimate of drug-likeness (QED) is 0.605. The average Bonchev–Trinajstić information content (AvgIpc) is 2.91. The standard InChI is InChI=1S/C14H14N4O6/c1-3-24-8-4-5-10(11(6-8)18(22)23)15-13(19)9-7-17(2)16-12(9)14(20)21/h4-7H,3H2,1-2H3,(H,15,19)(H,20,21). The van der Waals surface area contributed by atoms with E-state index in [2.05, 4.69) is 10.4 Å². The smallest absolute Gasteiger partial charge is 0.357 e. The van der Waals surface area contributed by atoms with Gasteiger partial charge in [-0.3, -0.25) is 19.6 Å². The molecule has 0 fully saturated rings. The molecule has 2 aromatic rings. The number of hydrogen-bond donors (Lipinski definition) is 2. The Morgan fingerprint density at radius 2 is 2.17 bits per heavy atom. The second kappa shape index (κ2) is 6.77. The molecular formula is C14H14N4O6. The maximum Gasteiger partial charge on any atom is 0.357 e. The van der Waals surface area contributed by atoms with Crippen LogP contribution in [0.4, 0.5) is 11.4 Å². The third-order valence-corrected chi connectivity index (χ3v) is 3.00. The van der Waals surface area contributed by atoms with Gasteiger partial charge in [0.15, 0.2) is 5.69 Å². The van der Waals surface area contributed by atoms with Gasteiger partial charge in [0.1, 0.15) is 11.4 Å². The number of nitrogens with zero attached hydrogens (tertiary/aromatic N) is 3. The predicted molar refractivity (Wildman–Crippen MR) is 82.4 cm³/mol. The molecule has 10 heteroatoms. The first-order chi connectivity index (χ1) is 11.3. The number of amides is 1. The molecule has 2 rings (SSSR count). The van der Waals surface area contributed by atoms with E-state index in [1.807, 2.05) is 0 Å². The first kappa shape index (κ1) is 16.9. The number of aromatic nitrogens is 2. The molecule has 1 aromatic carbocycles. The number of nitro groups is 1. The number of ether oxygens (including phenoxy) is 1. The topological polar surface area (TPSA) is 137 Å². The van der Waals surface area contributed by atoms with Gasteiger partial charge in [0.2, 0.25) is 0 Å². The molecular weight excluding hydrogens is 320 g/mol. The molecule has 0 aliphatic rings. The van der Waals surface area contributed by atoms with Gasteiger partial charge in [-0.1, -0.05) is 0 Å². The average molecular weight is 334 g/mol. The molecule has 0 unspecified atom stereocenters. The van der Waals surface area contributed by atoms with E-state index in [0.717, 1.165) is 0 Å². The van der Waals surface area contributed by atoms with Crippen molar-refractivity contribution in [3.63, 3.8) is 0 Å². The van der Waals surface area contributed by atoms with Gasteiger partial charge in [-0.2, -0.15) is 5.10 Å². The summed E-state index contributed by atoms with van der Waals surface area (Å²) >= 11 is 0. The minimum Gasteiger partial charge on any atom is -0.494 e. The van der Waals surface area contributed by atoms with Gasteiger partial charge in [-0.25, -0.2) is 4.79 Å². The second-order valence-corrected chi connectivity index (χ2v) is 4.69. The van der Waals surface area contributed by atoms with Crippen LogP contribution in [-0.4, -0.2) is 38.3 Å². The molecule has 2 N–H and O–H groups in total. The Balaban J connectivity index is 2.35. The van der Waals surface area contributed by atoms with Crippen molar-refractivity contribution in [2.75, 3.05) is 11.9 Å². The molecule has 0 spiro atoms. The van der Waals surface area contributed by atoms with Crippen molar-refractivity contribution in [2.24, 2.45) is 7.05 Å². The maximum absolute atomic E-state index is 12.3. The number of carbonyl (C=O) groups is 2. The number of aryl methyl sites for hydroxylation is 1. The second-order valence-electron chi connectivity index (χ2n) is 4.69. The van der Waals surface area contributed by atoms with Crippen LogP contribution in [0.3, 0.4) is 0 Å². The van der Waals surface area contributed by atoms with E-state index in [1.54, 1.807) is 6.92 Å². The molecule has 0 atom stereocenters. The number of benzene rings is 1. The lowest BCUT2D eigenvalue weighted by atomic mass is 10.2. The van der Waals surface area contributed by atoms with E-state index in [0.29, 0.717) is 6.61 Å². The van der Waals surface area contributed by atoms with Crippen molar-refractivity contribution in [1.29, 1.82) is 0 Å². The molecule has 0 aliphatic heterocycles. The molecule has 24 heavy (non-hydrogen) atoms. The number of nitro benzene ring substituents is 1. The van der Waals surface area contributed by atoms with Crippen LogP contribution in [0.1, 0.15) is 27.8 Å². The van der Waals surface area contributed by atoms with Crippen LogP contribution in [0.25, 0.3) is 0 Å². The summed E-state index contributed by atoms with van der Waals surface area (Å²) in [5.41, 5.74) is -1.08. The van der Waals surface area contributed by atoms with Gasteiger partial charge in [0.25, 0.3) is 11.6 Å². The number of carboxylic acids is 1. The fourth-order valence-corrected chi connectivity index (χ4v) is 2.03. The molecule has 1 heterocycles. The SMILES string of the molecule is CCOc1ccc(NC(=O)c2cn(C)nc2C(=O)O)c([N+](=O)[O-])c1. The number of rotatable bonds is 6. The van der Waals surface area contributed by atoms with Gasteiger partial charge in [0, 0.05) is 13.2 Å². The first-order valence-electron chi connectivity index (χ1n) is 6.83. The molecule has 0 radical (unpaired) electrons. The lowest BCUT2D eigenvalue weighted by Gasteiger charge is -2.08. The minimum atomic E-state index is -1.37. The van der Waals surface area contributed by atoms with Crippen LogP contribution in [0.15, 0.2) is 24.4 Å². The summed E-state index contributed by atoms with van der Waals surface area (Å²) in [4.78, 5) is 33.9. The van der Waals surface area contributed by atoms with Crippen LogP contribution < -0.4 is 10.1 Å². The van der Waals surface area contributed by atoms with E-state index in [1.165, 1.54) is 36.1 Å². The van der Waals surface area contributed by atoms with E-state index in [9.17, 15) is 19.7 Å². The highest BCUT2D eigenvalue weighted by atomic mass is 16.6. The highest BCUT2D eigenvalue weighted by molar-refractivity contribution is 6.10. The van der Waals surface area contributed by atoms with Gasteiger partial charge in [0.05, 0.1) is 23.2 Å². The normalized spacial score (nSPS) is 10.2. The van der Waals surface area contributed by atoms with Crippen LogP contribution in [0.5, 0.6) is 5.75 Å². The fraction of sp³-hybridized carbons (Fsp3) is 0.214. The third-order valence-electron chi connectivity index (χ3n) is 3.00. The van der Waals surface area contributed by atoms with Crippen molar-refractivity contribution in [2.45, 2.75) is 6.92 Å². The van der Waals surface area contributed by atoms with Gasteiger partial charge in [-0.05, 0) is 19.1 Å². The van der Waals surface area contributed by atoms with Gasteiger partial charge >= 0.3 is 5.97 Å². The summed E-state index contributed by atoms with van der Waals surface area (Å²) < 4.78 is 6.36. The zero-order valence-corrected chi connectivity index (χ0v) is 12.8. The number of aromatic carboxylic acids is 1. The Labute approximate surface area is 135 Å². The van der Waals surface area contributed by atoms with Crippen molar-refractivity contribution in [3.05, 3.63) is 45.8 Å². The van der Waals surface area contributed by atoms with E-state index < -0.39 is 22.5 Å². The summed E-state index contributed by atoms with van der Waals surface area (Å²) in [7, 11) is 1.46. The van der Waals surface area contributed by atoms with Crippen molar-refractivity contribution >= 4 is 23.3 Å². The highest BCUT2D eigenvalue weighted by Crippen LogP contribution is 2.29. The van der Waals surface area contributed by atoms with Crippen molar-refractivity contribution in [1.82, 2.24) is 9.78 Å². The third kappa shape index (κ3) is 3.48. The first-order valence-corrected chi connectivity index (χ1v) is 6.83. The van der Waals surface area contributed by atoms with Crippen LogP contribution in [0.2, 0.25) is 0 Å². The Bertz CT molecular complexity index is 814. The number of carboxylic acid groups (broad SMARTS) is 1. The van der Waals surface area contributed by atoms with Crippen LogP contribution >= 0.6 is 0 Å². The Hall–Kier alpha value is -3.43. The molecule has 0 saturated heterocycles. The molecule has 1 aromatic heterocycles. The largest absolute Gasteiger partial charge is 0.494 e. The Morgan fingerprint density at radius 3 is 2.75 bits per heavy atom. The predicted octanol–water partition coefficient (Wildman–Crippen LogP) is 1.68. The molecule has 10 nitrogen and oxygen atoms in total. The highest BCUT2D eigenvalue weighted by Gasteiger charge is 2.24. The maximum atomic E-state index is 12.3. The molecule has 0 bridgehead atoms. The number of anilines is 1. The minimum absolute atomic E-state index is 0.0753. The molecule has 126 valence electrons.